The van der Waals surface area contributed by atoms with Crippen molar-refractivity contribution < 1.29 is 18.3 Å². The molecule has 32 heavy (non-hydrogen) atoms. The van der Waals surface area contributed by atoms with Gasteiger partial charge in [0.15, 0.2) is 11.6 Å². The van der Waals surface area contributed by atoms with Crippen molar-refractivity contribution >= 4 is 11.4 Å². The molecule has 0 unspecified atom stereocenters. The first-order chi connectivity index (χ1) is 15.5. The summed E-state index contributed by atoms with van der Waals surface area (Å²) in [6.07, 6.45) is 3.24. The second-order valence-electron chi connectivity index (χ2n) is 7.00. The highest BCUT2D eigenvalue weighted by Crippen LogP contribution is 2.21. The monoisotopic (exact) mass is 438 g/mol. The molecular weight excluding hydrogens is 418 g/mol. The van der Waals surface area contributed by atoms with Gasteiger partial charge in [-0.2, -0.15) is 5.10 Å². The second-order valence-corrected chi connectivity index (χ2v) is 7.00. The van der Waals surface area contributed by atoms with Gasteiger partial charge in [-0.3, -0.25) is 9.59 Å². The summed E-state index contributed by atoms with van der Waals surface area (Å²) in [7, 11) is 0. The van der Waals surface area contributed by atoms with Crippen LogP contribution in [-0.4, -0.2) is 33.2 Å². The highest BCUT2D eigenvalue weighted by atomic mass is 19.2. The number of fused-ring (bicyclic) bond motifs is 1. The van der Waals surface area contributed by atoms with E-state index < -0.39 is 17.5 Å². The number of carbonyl (C=O) groups is 1. The van der Waals surface area contributed by atoms with Crippen LogP contribution in [0.1, 0.15) is 17.3 Å². The molecule has 7 nitrogen and oxygen atoms in total. The Morgan fingerprint density at radius 3 is 2.56 bits per heavy atom. The standard InChI is InChI=1S/C23H20F2N4O3/c1-2-32-17-6-3-15(4-7-17)20-14-21-23(31)28(11-12-29(21)27-20)10-9-26-22(30)16-5-8-18(24)19(25)13-16/h3-8,11-14H,2,9-10H2,1H3,(H,26,30). The highest BCUT2D eigenvalue weighted by Gasteiger charge is 2.11. The van der Waals surface area contributed by atoms with Crippen molar-refractivity contribution in [2.24, 2.45) is 0 Å². The maximum absolute atomic E-state index is 13.3. The fourth-order valence-corrected chi connectivity index (χ4v) is 3.26. The SMILES string of the molecule is CCOc1ccc(-c2cc3c(=O)n(CCNC(=O)c4ccc(F)c(F)c4)ccn3n2)cc1. The number of aromatic nitrogens is 3. The number of nitrogens with zero attached hydrogens (tertiary/aromatic N) is 3. The Kier molecular flexibility index (Phi) is 5.98. The summed E-state index contributed by atoms with van der Waals surface area (Å²) in [6, 6.07) is 12.1. The summed E-state index contributed by atoms with van der Waals surface area (Å²) in [5.41, 5.74) is 1.63. The van der Waals surface area contributed by atoms with Gasteiger partial charge in [-0.05, 0) is 55.5 Å². The predicted octanol–water partition coefficient (Wildman–Crippen LogP) is 3.27. The molecule has 0 saturated heterocycles. The number of hydrogen-bond donors (Lipinski definition) is 1. The zero-order valence-corrected chi connectivity index (χ0v) is 17.2. The zero-order chi connectivity index (χ0) is 22.7. The average Bonchev–Trinajstić information content (AvgIpc) is 3.23. The quantitative estimate of drug-likeness (QED) is 0.481. The number of halogens is 2. The fourth-order valence-electron chi connectivity index (χ4n) is 3.26. The van der Waals surface area contributed by atoms with E-state index >= 15 is 0 Å². The van der Waals surface area contributed by atoms with E-state index in [0.717, 1.165) is 23.4 Å². The molecule has 0 fully saturated rings. The average molecular weight is 438 g/mol. The Bertz CT molecular complexity index is 1330. The molecule has 0 atom stereocenters. The summed E-state index contributed by atoms with van der Waals surface area (Å²) >= 11 is 0. The van der Waals surface area contributed by atoms with Crippen molar-refractivity contribution in [3.63, 3.8) is 0 Å². The molecule has 2 aromatic heterocycles. The molecular formula is C23H20F2N4O3. The zero-order valence-electron chi connectivity index (χ0n) is 17.2. The highest BCUT2D eigenvalue weighted by molar-refractivity contribution is 5.94. The minimum atomic E-state index is -1.09. The van der Waals surface area contributed by atoms with E-state index in [-0.39, 0.29) is 24.2 Å². The lowest BCUT2D eigenvalue weighted by Gasteiger charge is -2.08. The van der Waals surface area contributed by atoms with Gasteiger partial charge >= 0.3 is 0 Å². The molecule has 2 heterocycles. The number of rotatable bonds is 7. The molecule has 0 bridgehead atoms. The van der Waals surface area contributed by atoms with Gasteiger partial charge in [0.25, 0.3) is 11.5 Å². The van der Waals surface area contributed by atoms with Crippen LogP contribution in [0.5, 0.6) is 5.75 Å². The fraction of sp³-hybridized carbons (Fsp3) is 0.174. The van der Waals surface area contributed by atoms with Crippen LogP contribution >= 0.6 is 0 Å². The first kappa shape index (κ1) is 21.2. The lowest BCUT2D eigenvalue weighted by molar-refractivity contribution is 0.0951. The van der Waals surface area contributed by atoms with Crippen LogP contribution in [0.25, 0.3) is 16.8 Å². The van der Waals surface area contributed by atoms with Gasteiger partial charge < -0.3 is 14.6 Å². The number of nitrogens with one attached hydrogen (secondary N) is 1. The van der Waals surface area contributed by atoms with Gasteiger partial charge in [0.1, 0.15) is 11.3 Å². The van der Waals surface area contributed by atoms with Crippen molar-refractivity contribution in [2.45, 2.75) is 13.5 Å². The van der Waals surface area contributed by atoms with Crippen LogP contribution in [0.2, 0.25) is 0 Å². The third-order valence-electron chi connectivity index (χ3n) is 4.88. The second kappa shape index (κ2) is 9.01. The molecule has 0 aliphatic carbocycles. The van der Waals surface area contributed by atoms with Gasteiger partial charge in [0.2, 0.25) is 0 Å². The first-order valence-corrected chi connectivity index (χ1v) is 10.0. The normalized spacial score (nSPS) is 11.0. The van der Waals surface area contributed by atoms with Crippen molar-refractivity contribution in [3.8, 4) is 17.0 Å². The predicted molar refractivity (Wildman–Crippen MR) is 115 cm³/mol. The van der Waals surface area contributed by atoms with E-state index in [9.17, 15) is 18.4 Å². The lowest BCUT2D eigenvalue weighted by Crippen LogP contribution is -2.31. The minimum absolute atomic E-state index is 0.00230. The van der Waals surface area contributed by atoms with E-state index in [0.29, 0.717) is 17.8 Å². The number of ether oxygens (including phenoxy) is 1. The van der Waals surface area contributed by atoms with Gasteiger partial charge in [-0.1, -0.05) is 0 Å². The van der Waals surface area contributed by atoms with Gasteiger partial charge in [0.05, 0.1) is 12.3 Å². The third-order valence-corrected chi connectivity index (χ3v) is 4.88. The van der Waals surface area contributed by atoms with Crippen molar-refractivity contribution in [3.05, 3.63) is 88.5 Å². The molecule has 1 N–H and O–H groups in total. The van der Waals surface area contributed by atoms with Crippen LogP contribution < -0.4 is 15.6 Å². The van der Waals surface area contributed by atoms with E-state index in [1.165, 1.54) is 15.1 Å². The topological polar surface area (TPSA) is 77.6 Å². The molecule has 4 rings (SSSR count). The minimum Gasteiger partial charge on any atom is -0.494 e. The molecule has 2 aromatic carbocycles. The lowest BCUT2D eigenvalue weighted by atomic mass is 10.1. The summed E-state index contributed by atoms with van der Waals surface area (Å²) in [5, 5.41) is 7.04. The summed E-state index contributed by atoms with van der Waals surface area (Å²) in [4.78, 5) is 24.9. The number of hydrogen-bond acceptors (Lipinski definition) is 4. The number of carbonyl (C=O) groups excluding carboxylic acids is 1. The van der Waals surface area contributed by atoms with Gasteiger partial charge in [0, 0.05) is 36.6 Å². The Hall–Kier alpha value is -4.01. The summed E-state index contributed by atoms with van der Waals surface area (Å²) < 4.78 is 34.7. The van der Waals surface area contributed by atoms with Gasteiger partial charge in [-0.15, -0.1) is 0 Å². The van der Waals surface area contributed by atoms with Gasteiger partial charge in [-0.25, -0.2) is 13.3 Å². The number of benzene rings is 2. The van der Waals surface area contributed by atoms with Crippen molar-refractivity contribution in [1.82, 2.24) is 19.5 Å². The third kappa shape index (κ3) is 4.36. The molecule has 164 valence electrons. The molecule has 1 amide bonds. The van der Waals surface area contributed by atoms with Crippen molar-refractivity contribution in [2.75, 3.05) is 13.2 Å². The van der Waals surface area contributed by atoms with Crippen molar-refractivity contribution in [1.29, 1.82) is 0 Å². The maximum Gasteiger partial charge on any atom is 0.276 e. The number of amides is 1. The molecule has 4 aromatic rings. The summed E-state index contributed by atoms with van der Waals surface area (Å²) in [6.45, 7) is 2.83. The molecule has 9 heteroatoms. The Balaban J connectivity index is 1.47. The van der Waals surface area contributed by atoms with E-state index in [2.05, 4.69) is 10.4 Å². The van der Waals surface area contributed by atoms with Crippen LogP contribution in [0.3, 0.4) is 0 Å². The first-order valence-electron chi connectivity index (χ1n) is 10.0. The smallest absolute Gasteiger partial charge is 0.276 e. The Morgan fingerprint density at radius 2 is 1.84 bits per heavy atom. The van der Waals surface area contributed by atoms with Crippen LogP contribution in [-0.2, 0) is 6.54 Å². The Labute approximate surface area is 181 Å². The molecule has 0 saturated carbocycles. The molecule has 0 radical (unpaired) electrons. The molecule has 0 aliphatic heterocycles. The largest absolute Gasteiger partial charge is 0.494 e. The van der Waals surface area contributed by atoms with E-state index in [1.54, 1.807) is 18.5 Å². The van der Waals surface area contributed by atoms with E-state index in [4.69, 9.17) is 4.74 Å². The molecule has 0 aliphatic rings. The van der Waals surface area contributed by atoms with Crippen LogP contribution in [0.4, 0.5) is 8.78 Å². The summed E-state index contributed by atoms with van der Waals surface area (Å²) in [5.74, 6) is -1.91. The van der Waals surface area contributed by atoms with E-state index in [1.807, 2.05) is 31.2 Å². The van der Waals surface area contributed by atoms with Crippen LogP contribution in [0, 0.1) is 11.6 Å². The van der Waals surface area contributed by atoms with Crippen LogP contribution in [0.15, 0.2) is 65.7 Å². The maximum atomic E-state index is 13.3. The Morgan fingerprint density at radius 1 is 1.06 bits per heavy atom. The molecule has 0 spiro atoms.